The average molecular weight is 202 g/mol. The van der Waals surface area contributed by atoms with E-state index < -0.39 is 0 Å². The van der Waals surface area contributed by atoms with Crippen LogP contribution in [0.4, 0.5) is 0 Å². The van der Waals surface area contributed by atoms with Gasteiger partial charge >= 0.3 is 54.8 Å². The summed E-state index contributed by atoms with van der Waals surface area (Å²) in [6.07, 6.45) is 0. The molecule has 0 unspecified atom stereocenters. The van der Waals surface area contributed by atoms with Gasteiger partial charge < -0.3 is 30.6 Å². The molecule has 0 spiro atoms. The van der Waals surface area contributed by atoms with E-state index in [9.17, 15) is 0 Å². The minimum absolute atomic E-state index is 0. The fourth-order valence-electron chi connectivity index (χ4n) is 0.196. The Kier molecular flexibility index (Phi) is 82.8. The molecular formula is C6H6CuLi2NS. The summed E-state index contributed by atoms with van der Waals surface area (Å²) >= 11 is 1.59. The summed E-state index contributed by atoms with van der Waals surface area (Å²) < 4.78 is 0. The molecule has 0 aliphatic heterocycles. The maximum atomic E-state index is 6.25. The second-order valence-electron chi connectivity index (χ2n) is 0.731. The van der Waals surface area contributed by atoms with E-state index in [1.807, 2.05) is 17.5 Å². The van der Waals surface area contributed by atoms with Crippen molar-refractivity contribution in [3.8, 4) is 0 Å². The first kappa shape index (κ1) is 29.7. The molecule has 0 aliphatic carbocycles. The zero-order chi connectivity index (χ0) is 5.54. The topological polar surface area (TPSA) is 23.8 Å². The van der Waals surface area contributed by atoms with Crippen LogP contribution in [0, 0.1) is 24.6 Å². The molecule has 1 aromatic heterocycles. The number of thiophene rings is 1. The van der Waals surface area contributed by atoms with Gasteiger partial charge in [-0.25, -0.2) is 6.07 Å². The normalized spacial score (nSPS) is 3.82. The van der Waals surface area contributed by atoms with Crippen molar-refractivity contribution in [1.29, 1.82) is 5.26 Å². The van der Waals surface area contributed by atoms with Crippen LogP contribution < -0.4 is 37.7 Å². The summed E-state index contributed by atoms with van der Waals surface area (Å²) in [5.74, 6) is 0. The number of hydrogen-bond acceptors (Lipinski definition) is 2. The molecule has 1 aromatic rings. The van der Waals surface area contributed by atoms with E-state index >= 15 is 0 Å². The molecule has 1 heterocycles. The Balaban J connectivity index is -0.0000000189. The van der Waals surface area contributed by atoms with Gasteiger partial charge in [0, 0.05) is 0 Å². The molecule has 0 saturated carbocycles. The number of hydrogen-bond donors (Lipinski definition) is 0. The van der Waals surface area contributed by atoms with Crippen LogP contribution >= 0.6 is 11.3 Å². The molecular weight excluding hydrogens is 196 g/mol. The SMILES string of the molecule is [C-]#N.[CH3-].[Cu+].[Li+].[Li+].[c-]1cccs1. The molecule has 0 saturated heterocycles. The van der Waals surface area contributed by atoms with Crippen molar-refractivity contribution in [3.63, 3.8) is 0 Å². The molecule has 0 aromatic carbocycles. The molecule has 54 valence electrons. The summed E-state index contributed by atoms with van der Waals surface area (Å²) in [5, 5.41) is 11.1. The van der Waals surface area contributed by atoms with Gasteiger partial charge in [-0.15, -0.1) is 5.38 Å². The van der Waals surface area contributed by atoms with Crippen molar-refractivity contribution >= 4 is 11.3 Å². The van der Waals surface area contributed by atoms with Crippen LogP contribution in [-0.4, -0.2) is 0 Å². The molecule has 1 nitrogen and oxygen atoms in total. The van der Waals surface area contributed by atoms with Gasteiger partial charge in [0.2, 0.25) is 0 Å². The third-order valence-electron chi connectivity index (χ3n) is 0.379. The zero-order valence-electron chi connectivity index (χ0n) is 6.89. The van der Waals surface area contributed by atoms with Crippen molar-refractivity contribution in [2.75, 3.05) is 0 Å². The average Bonchev–Trinajstić information content (AvgIpc) is 2.23. The third-order valence-corrected chi connectivity index (χ3v) is 0.944. The fraction of sp³-hybridized carbons (Fsp3) is 0. The van der Waals surface area contributed by atoms with Crippen molar-refractivity contribution in [1.82, 2.24) is 0 Å². The first-order chi connectivity index (χ1) is 3.50. The quantitative estimate of drug-likeness (QED) is 0.311. The van der Waals surface area contributed by atoms with Crippen LogP contribution in [0.1, 0.15) is 0 Å². The second-order valence-corrected chi connectivity index (χ2v) is 1.47. The predicted octanol–water partition coefficient (Wildman–Crippen LogP) is -3.90. The van der Waals surface area contributed by atoms with Crippen LogP contribution in [0.2, 0.25) is 0 Å². The van der Waals surface area contributed by atoms with Gasteiger partial charge in [-0.1, -0.05) is 0 Å². The zero-order valence-corrected chi connectivity index (χ0v) is 8.65. The molecule has 0 fully saturated rings. The largest absolute Gasteiger partial charge is 1.00 e. The van der Waals surface area contributed by atoms with Crippen LogP contribution in [-0.2, 0) is 17.1 Å². The van der Waals surface area contributed by atoms with Crippen molar-refractivity contribution in [3.05, 3.63) is 36.9 Å². The molecule has 0 bridgehead atoms. The Bertz CT molecular complexity index is 104. The Morgan fingerprint density at radius 2 is 1.73 bits per heavy atom. The van der Waals surface area contributed by atoms with Gasteiger partial charge in [0.25, 0.3) is 0 Å². The molecule has 0 radical (unpaired) electrons. The number of nitrogens with zero attached hydrogens (tertiary/aromatic N) is 1. The maximum absolute atomic E-state index is 6.25. The Morgan fingerprint density at radius 1 is 1.27 bits per heavy atom. The Labute approximate surface area is 107 Å². The maximum Gasteiger partial charge on any atom is 1.00 e. The van der Waals surface area contributed by atoms with E-state index in [2.05, 4.69) is 5.38 Å². The summed E-state index contributed by atoms with van der Waals surface area (Å²) in [6.45, 7) is 4.75. The summed E-state index contributed by atoms with van der Waals surface area (Å²) in [7, 11) is 0. The van der Waals surface area contributed by atoms with Gasteiger partial charge in [-0.3, -0.25) is 0 Å². The smallest absolute Gasteiger partial charge is 0.512 e. The molecule has 0 amide bonds. The molecule has 0 N–H and O–H groups in total. The van der Waals surface area contributed by atoms with Crippen molar-refractivity contribution < 1.29 is 54.8 Å². The number of rotatable bonds is 0. The summed E-state index contributed by atoms with van der Waals surface area (Å²) in [5.41, 5.74) is 0. The second kappa shape index (κ2) is 30.7. The van der Waals surface area contributed by atoms with E-state index in [1.165, 1.54) is 0 Å². The van der Waals surface area contributed by atoms with E-state index in [4.69, 9.17) is 11.8 Å². The van der Waals surface area contributed by atoms with Gasteiger partial charge in [0.1, 0.15) is 0 Å². The molecule has 5 heteroatoms. The van der Waals surface area contributed by atoms with E-state index in [0.717, 1.165) is 0 Å². The third kappa shape index (κ3) is 24.8. The van der Waals surface area contributed by atoms with Crippen LogP contribution in [0.15, 0.2) is 17.5 Å². The van der Waals surface area contributed by atoms with Crippen LogP contribution in [0.3, 0.4) is 0 Å². The van der Waals surface area contributed by atoms with Gasteiger partial charge in [-0.2, -0.15) is 11.4 Å². The molecule has 0 aliphatic rings. The van der Waals surface area contributed by atoms with Crippen molar-refractivity contribution in [2.24, 2.45) is 0 Å². The Hall–Kier alpha value is 0.904. The minimum Gasteiger partial charge on any atom is -0.512 e. The van der Waals surface area contributed by atoms with Gasteiger partial charge in [0.15, 0.2) is 0 Å². The Morgan fingerprint density at radius 3 is 1.82 bits per heavy atom. The van der Waals surface area contributed by atoms with Gasteiger partial charge in [-0.05, 0) is 0 Å². The standard InChI is InChI=1S/C4H3S.CN.CH3.Cu.2Li/c1-2-4-5-3-1;1-2;;;;/h1-3H;;1H3;;;/q3*-1;3*+1. The first-order valence-electron chi connectivity index (χ1n) is 1.62. The molecule has 0 atom stereocenters. The monoisotopic (exact) mass is 201 g/mol. The molecule has 11 heavy (non-hydrogen) atoms. The van der Waals surface area contributed by atoms with Crippen LogP contribution in [0.5, 0.6) is 0 Å². The molecule has 1 rings (SSSR count). The van der Waals surface area contributed by atoms with E-state index in [-0.39, 0.29) is 62.2 Å². The fourth-order valence-corrected chi connectivity index (χ4v) is 0.589. The summed E-state index contributed by atoms with van der Waals surface area (Å²) in [6, 6.07) is 3.86. The van der Waals surface area contributed by atoms with Gasteiger partial charge in [0.05, 0.1) is 0 Å². The van der Waals surface area contributed by atoms with E-state index in [1.54, 1.807) is 11.3 Å². The minimum atomic E-state index is 0. The van der Waals surface area contributed by atoms with Crippen LogP contribution in [0.25, 0.3) is 0 Å². The predicted molar refractivity (Wildman–Crippen MR) is 34.5 cm³/mol. The van der Waals surface area contributed by atoms with E-state index in [0.29, 0.717) is 0 Å². The first-order valence-corrected chi connectivity index (χ1v) is 2.50. The summed E-state index contributed by atoms with van der Waals surface area (Å²) in [4.78, 5) is 0. The van der Waals surface area contributed by atoms with Crippen molar-refractivity contribution in [2.45, 2.75) is 0 Å².